The highest BCUT2D eigenvalue weighted by Gasteiger charge is 2.27. The first-order valence-electron chi connectivity index (χ1n) is 13.1. The van der Waals surface area contributed by atoms with Crippen molar-refractivity contribution in [3.63, 3.8) is 0 Å². The highest BCUT2D eigenvalue weighted by atomic mass is 35.5. The van der Waals surface area contributed by atoms with Gasteiger partial charge in [-0.25, -0.2) is 0 Å². The fourth-order valence-electron chi connectivity index (χ4n) is 5.12. The van der Waals surface area contributed by atoms with Gasteiger partial charge in [0.1, 0.15) is 17.1 Å². The van der Waals surface area contributed by atoms with Crippen LogP contribution in [0.1, 0.15) is 60.5 Å². The number of hydrogen-bond acceptors (Lipinski definition) is 6. The Morgan fingerprint density at radius 1 is 1.27 bits per heavy atom. The van der Waals surface area contributed by atoms with Crippen LogP contribution in [0, 0.1) is 0 Å². The van der Waals surface area contributed by atoms with Gasteiger partial charge in [0.2, 0.25) is 5.91 Å². The molecule has 0 spiro atoms. The largest absolute Gasteiger partial charge is 0.507 e. The van der Waals surface area contributed by atoms with Crippen LogP contribution in [0.25, 0.3) is 0 Å². The Hall–Kier alpha value is -2.97. The van der Waals surface area contributed by atoms with Crippen LogP contribution in [0.5, 0.6) is 17.2 Å². The Labute approximate surface area is 223 Å². The molecule has 1 fully saturated rings. The topological polar surface area (TPSA) is 100 Å². The van der Waals surface area contributed by atoms with E-state index in [4.69, 9.17) is 21.1 Å². The number of nitrogens with one attached hydrogen (secondary N) is 2. The normalized spacial score (nSPS) is 17.3. The zero-order valence-electron chi connectivity index (χ0n) is 21.6. The number of ether oxygens (including phenoxy) is 2. The third kappa shape index (κ3) is 6.48. The smallest absolute Gasteiger partial charge is 0.258 e. The highest BCUT2D eigenvalue weighted by Crippen LogP contribution is 2.38. The fraction of sp³-hybridized carbons (Fsp3) is 0.500. The Morgan fingerprint density at radius 2 is 2.11 bits per heavy atom. The molecule has 9 heteroatoms. The molecule has 2 aromatic rings. The third-order valence-corrected chi connectivity index (χ3v) is 7.46. The first-order valence-corrected chi connectivity index (χ1v) is 13.4. The Morgan fingerprint density at radius 3 is 2.89 bits per heavy atom. The number of carbonyl (C=O) groups excluding carboxylic acids is 2. The van der Waals surface area contributed by atoms with E-state index < -0.39 is 0 Å². The van der Waals surface area contributed by atoms with Crippen LogP contribution in [0.3, 0.4) is 0 Å². The molecule has 0 bridgehead atoms. The summed E-state index contributed by atoms with van der Waals surface area (Å²) < 4.78 is 11.2. The van der Waals surface area contributed by atoms with E-state index in [1.54, 1.807) is 6.07 Å². The van der Waals surface area contributed by atoms with Crippen molar-refractivity contribution in [1.82, 2.24) is 10.2 Å². The molecule has 2 aromatic carbocycles. The number of benzene rings is 2. The molecule has 2 aliphatic heterocycles. The predicted molar refractivity (Wildman–Crippen MR) is 144 cm³/mol. The van der Waals surface area contributed by atoms with E-state index in [1.807, 2.05) is 25.1 Å². The van der Waals surface area contributed by atoms with Gasteiger partial charge in [0.05, 0.1) is 18.7 Å². The monoisotopic (exact) mass is 529 g/mol. The maximum absolute atomic E-state index is 13.0. The second-order valence-electron chi connectivity index (χ2n) is 9.59. The van der Waals surface area contributed by atoms with E-state index in [9.17, 15) is 14.7 Å². The van der Waals surface area contributed by atoms with Gasteiger partial charge in [-0.1, -0.05) is 24.6 Å². The van der Waals surface area contributed by atoms with E-state index in [0.717, 1.165) is 62.2 Å². The van der Waals surface area contributed by atoms with Gasteiger partial charge < -0.3 is 25.2 Å². The maximum atomic E-state index is 13.0. The molecule has 0 unspecified atom stereocenters. The van der Waals surface area contributed by atoms with Crippen molar-refractivity contribution in [2.75, 3.05) is 38.7 Å². The number of amides is 2. The molecule has 37 heavy (non-hydrogen) atoms. The van der Waals surface area contributed by atoms with Gasteiger partial charge in [0.15, 0.2) is 5.75 Å². The molecular formula is C28H36ClN3O5. The van der Waals surface area contributed by atoms with Crippen molar-refractivity contribution >= 4 is 29.1 Å². The van der Waals surface area contributed by atoms with Crippen molar-refractivity contribution in [3.8, 4) is 17.2 Å². The Balaban J connectivity index is 1.23. The minimum atomic E-state index is -0.381. The van der Waals surface area contributed by atoms with Crippen molar-refractivity contribution in [1.29, 1.82) is 0 Å². The average Bonchev–Trinajstić information content (AvgIpc) is 3.34. The zero-order valence-corrected chi connectivity index (χ0v) is 22.3. The van der Waals surface area contributed by atoms with Crippen molar-refractivity contribution in [2.45, 2.75) is 57.9 Å². The summed E-state index contributed by atoms with van der Waals surface area (Å²) in [4.78, 5) is 27.0. The Kier molecular flexibility index (Phi) is 9.16. The molecule has 2 amide bonds. The second kappa shape index (κ2) is 12.5. The van der Waals surface area contributed by atoms with Gasteiger partial charge in [-0.15, -0.1) is 0 Å². The number of carbonyl (C=O) groups is 2. The molecule has 2 aliphatic rings. The number of hydrogen-bond donors (Lipinski definition) is 3. The number of anilines is 1. The lowest BCUT2D eigenvalue weighted by molar-refractivity contribution is -0.116. The van der Waals surface area contributed by atoms with Crippen molar-refractivity contribution in [2.24, 2.45) is 0 Å². The lowest BCUT2D eigenvalue weighted by Crippen LogP contribution is -2.40. The van der Waals surface area contributed by atoms with Crippen LogP contribution < -0.4 is 20.1 Å². The molecule has 0 radical (unpaired) electrons. The second-order valence-corrected chi connectivity index (χ2v) is 10.00. The Bertz CT molecular complexity index is 1140. The van der Waals surface area contributed by atoms with E-state index in [2.05, 4.69) is 15.5 Å². The number of rotatable bonds is 11. The summed E-state index contributed by atoms with van der Waals surface area (Å²) in [6.45, 7) is 4.92. The van der Waals surface area contributed by atoms with E-state index >= 15 is 0 Å². The van der Waals surface area contributed by atoms with Gasteiger partial charge in [-0.05, 0) is 74.9 Å². The summed E-state index contributed by atoms with van der Waals surface area (Å²) in [5.41, 5.74) is 2.70. The van der Waals surface area contributed by atoms with Gasteiger partial charge in [0, 0.05) is 30.8 Å². The zero-order chi connectivity index (χ0) is 26.4. The molecule has 8 nitrogen and oxygen atoms in total. The average molecular weight is 530 g/mol. The molecule has 0 aromatic heterocycles. The lowest BCUT2D eigenvalue weighted by atomic mass is 10.0. The quantitative estimate of drug-likeness (QED) is 0.369. The number of fused-ring (bicyclic) bond motifs is 1. The van der Waals surface area contributed by atoms with E-state index in [-0.39, 0.29) is 34.9 Å². The minimum Gasteiger partial charge on any atom is -0.507 e. The summed E-state index contributed by atoms with van der Waals surface area (Å²) in [6.07, 6.45) is 5.85. The number of likely N-dealkylation sites (tertiary alicyclic amines) is 1. The lowest BCUT2D eigenvalue weighted by Gasteiger charge is -2.25. The molecule has 2 heterocycles. The number of nitrogens with zero attached hydrogens (tertiary/aromatic N) is 1. The standard InChI is InChI=1S/C28H36ClN3O5/c1-3-18-15-22(29)27(36-2)25(26(18)34)28(35)30-17-20-7-6-13-32(20)12-4-5-14-37-21-10-8-19-9-11-24(33)31-23(19)16-21/h8,10,15-16,20,34H,3-7,9,11-14,17H2,1-2H3,(H,30,35)(H,31,33)/t20-/m0/s1. The summed E-state index contributed by atoms with van der Waals surface area (Å²) in [7, 11) is 1.44. The highest BCUT2D eigenvalue weighted by molar-refractivity contribution is 6.33. The van der Waals surface area contributed by atoms with Crippen LogP contribution >= 0.6 is 11.6 Å². The maximum Gasteiger partial charge on any atom is 0.258 e. The number of phenols is 1. The summed E-state index contributed by atoms with van der Waals surface area (Å²) >= 11 is 6.29. The van der Waals surface area contributed by atoms with Gasteiger partial charge in [-0.3, -0.25) is 14.5 Å². The van der Waals surface area contributed by atoms with Crippen LogP contribution in [0.2, 0.25) is 5.02 Å². The van der Waals surface area contributed by atoms with Crippen LogP contribution in [0.15, 0.2) is 24.3 Å². The summed E-state index contributed by atoms with van der Waals surface area (Å²) in [5, 5.41) is 16.8. The molecule has 0 aliphatic carbocycles. The van der Waals surface area contributed by atoms with Crippen LogP contribution in [-0.4, -0.2) is 61.2 Å². The molecule has 200 valence electrons. The van der Waals surface area contributed by atoms with Crippen molar-refractivity contribution < 1.29 is 24.2 Å². The number of aromatic hydroxyl groups is 1. The number of unbranched alkanes of at least 4 members (excludes halogenated alkanes) is 1. The number of phenolic OH excluding ortho intramolecular Hbond substituents is 1. The molecule has 1 saturated heterocycles. The first kappa shape index (κ1) is 27.1. The van der Waals surface area contributed by atoms with Gasteiger partial charge in [0.25, 0.3) is 5.91 Å². The molecule has 0 saturated carbocycles. The van der Waals surface area contributed by atoms with E-state index in [0.29, 0.717) is 36.6 Å². The number of methoxy groups -OCH3 is 1. The SMILES string of the molecule is CCc1cc(Cl)c(OC)c(C(=O)NC[C@@H]2CCCN2CCCCOc2ccc3c(c2)NC(=O)CC3)c1O. The molecule has 1 atom stereocenters. The third-order valence-electron chi connectivity index (χ3n) is 7.18. The molecule has 4 rings (SSSR count). The van der Waals surface area contributed by atoms with Crippen molar-refractivity contribution in [3.05, 3.63) is 46.0 Å². The van der Waals surface area contributed by atoms with Crippen LogP contribution in [-0.2, 0) is 17.6 Å². The first-order chi connectivity index (χ1) is 17.9. The molecular weight excluding hydrogens is 494 g/mol. The molecule has 3 N–H and O–H groups in total. The van der Waals surface area contributed by atoms with Gasteiger partial charge >= 0.3 is 0 Å². The van der Waals surface area contributed by atoms with E-state index in [1.165, 1.54) is 7.11 Å². The summed E-state index contributed by atoms with van der Waals surface area (Å²) in [6, 6.07) is 7.77. The summed E-state index contributed by atoms with van der Waals surface area (Å²) in [5.74, 6) is 0.557. The number of aryl methyl sites for hydroxylation is 2. The number of halogens is 1. The minimum absolute atomic E-state index is 0.0511. The fourth-order valence-corrected chi connectivity index (χ4v) is 5.42. The van der Waals surface area contributed by atoms with Gasteiger partial charge in [-0.2, -0.15) is 0 Å². The predicted octanol–water partition coefficient (Wildman–Crippen LogP) is 4.55. The van der Waals surface area contributed by atoms with Crippen LogP contribution in [0.4, 0.5) is 5.69 Å².